The summed E-state index contributed by atoms with van der Waals surface area (Å²) in [4.78, 5) is 27.2. The molecule has 0 aliphatic rings. The van der Waals surface area contributed by atoms with Gasteiger partial charge in [-0.3, -0.25) is 9.59 Å². The molecule has 2 aromatic rings. The molecule has 1 atom stereocenters. The first kappa shape index (κ1) is 26.8. The van der Waals surface area contributed by atoms with Gasteiger partial charge in [-0.2, -0.15) is 0 Å². The van der Waals surface area contributed by atoms with Crippen LogP contribution < -0.4 is 5.32 Å². The van der Waals surface area contributed by atoms with Crippen molar-refractivity contribution in [2.45, 2.75) is 45.0 Å². The van der Waals surface area contributed by atoms with Gasteiger partial charge in [0.05, 0.1) is 15.8 Å². The van der Waals surface area contributed by atoms with E-state index in [0.29, 0.717) is 27.2 Å². The highest BCUT2D eigenvalue weighted by Crippen LogP contribution is 2.26. The summed E-state index contributed by atoms with van der Waals surface area (Å²) in [7, 11) is 0. The molecule has 0 fully saturated rings. The van der Waals surface area contributed by atoms with Crippen LogP contribution in [-0.2, 0) is 21.9 Å². The molecular weight excluding hydrogens is 494 g/mol. The van der Waals surface area contributed by atoms with Crippen molar-refractivity contribution < 1.29 is 14.0 Å². The summed E-state index contributed by atoms with van der Waals surface area (Å²) in [5.41, 5.74) is 1.11. The van der Waals surface area contributed by atoms with Gasteiger partial charge < -0.3 is 10.2 Å². The lowest BCUT2D eigenvalue weighted by Gasteiger charge is -2.29. The van der Waals surface area contributed by atoms with Crippen molar-refractivity contribution in [1.29, 1.82) is 0 Å². The molecule has 0 radical (unpaired) electrons. The third-order valence-electron chi connectivity index (χ3n) is 4.87. The number of amides is 2. The maximum atomic E-state index is 14.0. The standard InChI is InChI=1S/C23H26Cl3FN2O2S/c1-3-4-10-28-23(31)15(2)29(12-16-8-9-19(25)20(26)11-16)22(30)14-32-13-17-18(24)6-5-7-21(17)27/h5-9,11,15H,3-4,10,12-14H2,1-2H3,(H,28,31)/t15-/m1/s1. The van der Waals surface area contributed by atoms with Gasteiger partial charge in [0, 0.05) is 29.4 Å². The highest BCUT2D eigenvalue weighted by Gasteiger charge is 2.26. The molecule has 4 nitrogen and oxygen atoms in total. The van der Waals surface area contributed by atoms with Crippen LogP contribution in [0.4, 0.5) is 4.39 Å². The van der Waals surface area contributed by atoms with Crippen LogP contribution in [0.1, 0.15) is 37.8 Å². The minimum absolute atomic E-state index is 0.0680. The van der Waals surface area contributed by atoms with Gasteiger partial charge in [-0.1, -0.05) is 60.3 Å². The number of nitrogens with one attached hydrogen (secondary N) is 1. The number of halogens is 4. The van der Waals surface area contributed by atoms with E-state index in [4.69, 9.17) is 34.8 Å². The molecule has 0 unspecified atom stereocenters. The number of thioether (sulfide) groups is 1. The van der Waals surface area contributed by atoms with E-state index < -0.39 is 11.9 Å². The van der Waals surface area contributed by atoms with Crippen molar-refractivity contribution in [3.05, 3.63) is 68.4 Å². The highest BCUT2D eigenvalue weighted by atomic mass is 35.5. The fourth-order valence-electron chi connectivity index (χ4n) is 2.95. The smallest absolute Gasteiger partial charge is 0.242 e. The number of carbonyl (C=O) groups is 2. The van der Waals surface area contributed by atoms with Gasteiger partial charge in [0.2, 0.25) is 11.8 Å². The van der Waals surface area contributed by atoms with Crippen molar-refractivity contribution >= 4 is 58.4 Å². The van der Waals surface area contributed by atoms with Crippen molar-refractivity contribution in [2.75, 3.05) is 12.3 Å². The van der Waals surface area contributed by atoms with Crippen LogP contribution in [-0.4, -0.2) is 35.1 Å². The molecule has 0 saturated carbocycles. The van der Waals surface area contributed by atoms with Gasteiger partial charge in [0.15, 0.2) is 0 Å². The molecule has 0 bridgehead atoms. The Balaban J connectivity index is 2.11. The Morgan fingerprint density at radius 1 is 1.12 bits per heavy atom. The average molecular weight is 520 g/mol. The second-order valence-corrected chi connectivity index (χ2v) is 9.49. The van der Waals surface area contributed by atoms with Crippen LogP contribution in [0.5, 0.6) is 0 Å². The van der Waals surface area contributed by atoms with Crippen LogP contribution in [0, 0.1) is 5.82 Å². The number of hydrogen-bond acceptors (Lipinski definition) is 3. The monoisotopic (exact) mass is 518 g/mol. The number of unbranched alkanes of at least 4 members (excludes halogenated alkanes) is 1. The lowest BCUT2D eigenvalue weighted by Crippen LogP contribution is -2.48. The first-order chi connectivity index (χ1) is 15.2. The zero-order valence-electron chi connectivity index (χ0n) is 18.0. The van der Waals surface area contributed by atoms with Crippen molar-refractivity contribution in [3.63, 3.8) is 0 Å². The summed E-state index contributed by atoms with van der Waals surface area (Å²) in [6.07, 6.45) is 1.81. The Hall–Kier alpha value is -1.47. The van der Waals surface area contributed by atoms with Crippen molar-refractivity contribution in [3.8, 4) is 0 Å². The van der Waals surface area contributed by atoms with Crippen LogP contribution in [0.2, 0.25) is 15.1 Å². The lowest BCUT2D eigenvalue weighted by molar-refractivity contribution is -0.138. The Labute approximate surface area is 207 Å². The molecule has 9 heteroatoms. The highest BCUT2D eigenvalue weighted by molar-refractivity contribution is 7.99. The average Bonchev–Trinajstić information content (AvgIpc) is 2.76. The molecule has 174 valence electrons. The Morgan fingerprint density at radius 3 is 2.53 bits per heavy atom. The van der Waals surface area contributed by atoms with Gasteiger partial charge in [0.1, 0.15) is 11.9 Å². The molecule has 2 amide bonds. The van der Waals surface area contributed by atoms with Gasteiger partial charge in [-0.15, -0.1) is 11.8 Å². The van der Waals surface area contributed by atoms with E-state index in [0.717, 1.165) is 18.4 Å². The number of carbonyl (C=O) groups excluding carboxylic acids is 2. The van der Waals surface area contributed by atoms with Gasteiger partial charge in [-0.05, 0) is 43.2 Å². The fraction of sp³-hybridized carbons (Fsp3) is 0.391. The Kier molecular flexibility index (Phi) is 11.1. The molecule has 0 heterocycles. The molecule has 0 aliphatic heterocycles. The van der Waals surface area contributed by atoms with E-state index in [1.165, 1.54) is 28.8 Å². The van der Waals surface area contributed by atoms with Crippen LogP contribution in [0.25, 0.3) is 0 Å². The van der Waals surface area contributed by atoms with Crippen LogP contribution in [0.3, 0.4) is 0 Å². The van der Waals surface area contributed by atoms with E-state index in [-0.39, 0.29) is 29.9 Å². The fourth-order valence-corrected chi connectivity index (χ4v) is 4.52. The van der Waals surface area contributed by atoms with E-state index in [9.17, 15) is 14.0 Å². The number of nitrogens with zero attached hydrogens (tertiary/aromatic N) is 1. The Bertz CT molecular complexity index is 925. The van der Waals surface area contributed by atoms with Gasteiger partial charge in [0.25, 0.3) is 0 Å². The van der Waals surface area contributed by atoms with E-state index in [2.05, 4.69) is 5.32 Å². The van der Waals surface area contributed by atoms with Crippen LogP contribution in [0.15, 0.2) is 36.4 Å². The van der Waals surface area contributed by atoms with Crippen molar-refractivity contribution in [2.24, 2.45) is 0 Å². The minimum atomic E-state index is -0.688. The minimum Gasteiger partial charge on any atom is -0.354 e. The normalized spacial score (nSPS) is 11.8. The topological polar surface area (TPSA) is 49.4 Å². The SMILES string of the molecule is CCCCNC(=O)[C@@H](C)N(Cc1ccc(Cl)c(Cl)c1)C(=O)CSCc1c(F)cccc1Cl. The van der Waals surface area contributed by atoms with Crippen LogP contribution >= 0.6 is 46.6 Å². The number of rotatable bonds is 11. The molecular formula is C23H26Cl3FN2O2S. The summed E-state index contributed by atoms with van der Waals surface area (Å²) in [6.45, 7) is 4.47. The predicted molar refractivity (Wildman–Crippen MR) is 132 cm³/mol. The maximum Gasteiger partial charge on any atom is 0.242 e. The number of benzene rings is 2. The summed E-state index contributed by atoms with van der Waals surface area (Å²) in [6, 6.07) is 8.90. The molecule has 2 rings (SSSR count). The third kappa shape index (κ3) is 7.84. The first-order valence-electron chi connectivity index (χ1n) is 10.3. The number of hydrogen-bond donors (Lipinski definition) is 1. The van der Waals surface area contributed by atoms with Gasteiger partial charge in [-0.25, -0.2) is 4.39 Å². The summed E-state index contributed by atoms with van der Waals surface area (Å²) < 4.78 is 14.0. The van der Waals surface area contributed by atoms with E-state index in [1.54, 1.807) is 31.2 Å². The van der Waals surface area contributed by atoms with E-state index >= 15 is 0 Å². The molecule has 1 N–H and O–H groups in total. The molecule has 0 aromatic heterocycles. The maximum absolute atomic E-state index is 14.0. The quantitative estimate of drug-likeness (QED) is 0.352. The zero-order chi connectivity index (χ0) is 23.7. The summed E-state index contributed by atoms with van der Waals surface area (Å²) in [5, 5.41) is 3.98. The largest absolute Gasteiger partial charge is 0.354 e. The molecule has 32 heavy (non-hydrogen) atoms. The second-order valence-electron chi connectivity index (χ2n) is 7.28. The summed E-state index contributed by atoms with van der Waals surface area (Å²) >= 11 is 19.4. The molecule has 0 spiro atoms. The Morgan fingerprint density at radius 2 is 1.88 bits per heavy atom. The molecule has 0 aliphatic carbocycles. The molecule has 2 aromatic carbocycles. The zero-order valence-corrected chi connectivity index (χ0v) is 21.1. The van der Waals surface area contributed by atoms with E-state index in [1.807, 2.05) is 6.92 Å². The summed E-state index contributed by atoms with van der Waals surface area (Å²) in [5.74, 6) is -0.567. The predicted octanol–water partition coefficient (Wildman–Crippen LogP) is 6.35. The first-order valence-corrected chi connectivity index (χ1v) is 12.5. The molecule has 0 saturated heterocycles. The third-order valence-corrected chi connectivity index (χ3v) is 6.90. The lowest BCUT2D eigenvalue weighted by atomic mass is 10.1. The van der Waals surface area contributed by atoms with Crippen molar-refractivity contribution in [1.82, 2.24) is 10.2 Å². The van der Waals surface area contributed by atoms with Gasteiger partial charge >= 0.3 is 0 Å². The second kappa shape index (κ2) is 13.3.